The maximum atomic E-state index is 5.65. The van der Waals surface area contributed by atoms with Crippen molar-refractivity contribution in [3.8, 4) is 0 Å². The number of hydrogen-bond donors (Lipinski definition) is 0. The van der Waals surface area contributed by atoms with E-state index in [4.69, 9.17) is 9.47 Å². The first-order chi connectivity index (χ1) is 10.9. The molecule has 3 saturated heterocycles. The van der Waals surface area contributed by atoms with Crippen LogP contribution in [0.3, 0.4) is 0 Å². The number of nitrogens with zero attached hydrogens (tertiary/aromatic N) is 4. The highest BCUT2D eigenvalue weighted by Crippen LogP contribution is 2.29. The highest BCUT2D eigenvalue weighted by atomic mass is 16.7. The highest BCUT2D eigenvalue weighted by Gasteiger charge is 2.31. The Morgan fingerprint density at radius 3 is 2.09 bits per heavy atom. The van der Waals surface area contributed by atoms with Gasteiger partial charge in [-0.1, -0.05) is 0 Å². The van der Waals surface area contributed by atoms with Crippen molar-refractivity contribution in [1.29, 1.82) is 0 Å². The summed E-state index contributed by atoms with van der Waals surface area (Å²) in [5, 5.41) is 0. The summed E-state index contributed by atoms with van der Waals surface area (Å²) >= 11 is 0. The SMILES string of the molecule is c1nc(N2CCCC2)cc(N2CCC(C3OCCO3)CC2)n1. The summed E-state index contributed by atoms with van der Waals surface area (Å²) in [5.74, 6) is 2.66. The van der Waals surface area contributed by atoms with E-state index < -0.39 is 0 Å². The van der Waals surface area contributed by atoms with Crippen molar-refractivity contribution in [2.24, 2.45) is 5.92 Å². The lowest BCUT2D eigenvalue weighted by Crippen LogP contribution is -2.38. The third kappa shape index (κ3) is 2.90. The van der Waals surface area contributed by atoms with Crippen LogP contribution in [0.1, 0.15) is 25.7 Å². The van der Waals surface area contributed by atoms with E-state index in [1.165, 1.54) is 12.8 Å². The average Bonchev–Trinajstić information content (AvgIpc) is 3.29. The van der Waals surface area contributed by atoms with E-state index in [0.29, 0.717) is 5.92 Å². The van der Waals surface area contributed by atoms with Crippen molar-refractivity contribution in [1.82, 2.24) is 9.97 Å². The molecule has 0 aliphatic carbocycles. The van der Waals surface area contributed by atoms with E-state index in [1.54, 1.807) is 6.33 Å². The summed E-state index contributed by atoms with van der Waals surface area (Å²) in [6.45, 7) is 5.77. The van der Waals surface area contributed by atoms with Gasteiger partial charge in [-0.05, 0) is 25.7 Å². The van der Waals surface area contributed by atoms with Crippen molar-refractivity contribution in [3.05, 3.63) is 12.4 Å². The zero-order chi connectivity index (χ0) is 14.8. The molecule has 3 fully saturated rings. The molecule has 0 amide bonds. The summed E-state index contributed by atoms with van der Waals surface area (Å²) in [5.41, 5.74) is 0. The molecule has 0 bridgehead atoms. The summed E-state index contributed by atoms with van der Waals surface area (Å²) < 4.78 is 11.3. The van der Waals surface area contributed by atoms with E-state index >= 15 is 0 Å². The third-order valence-corrected chi connectivity index (χ3v) is 4.96. The lowest BCUT2D eigenvalue weighted by atomic mass is 9.96. The van der Waals surface area contributed by atoms with E-state index in [0.717, 1.165) is 63.9 Å². The molecule has 4 heterocycles. The first kappa shape index (κ1) is 14.2. The van der Waals surface area contributed by atoms with Crippen molar-refractivity contribution in [2.75, 3.05) is 49.2 Å². The smallest absolute Gasteiger partial charge is 0.160 e. The lowest BCUT2D eigenvalue weighted by molar-refractivity contribution is -0.0889. The van der Waals surface area contributed by atoms with Crippen LogP contribution < -0.4 is 9.80 Å². The monoisotopic (exact) mass is 304 g/mol. The van der Waals surface area contributed by atoms with Gasteiger partial charge in [0.2, 0.25) is 0 Å². The molecule has 0 aromatic carbocycles. The number of rotatable bonds is 3. The van der Waals surface area contributed by atoms with Gasteiger partial charge in [-0.2, -0.15) is 0 Å². The molecule has 1 aromatic heterocycles. The Morgan fingerprint density at radius 2 is 1.45 bits per heavy atom. The number of anilines is 2. The zero-order valence-corrected chi connectivity index (χ0v) is 13.0. The first-order valence-corrected chi connectivity index (χ1v) is 8.45. The molecule has 0 spiro atoms. The Balaban J connectivity index is 1.39. The van der Waals surface area contributed by atoms with Crippen LogP contribution >= 0.6 is 0 Å². The minimum atomic E-state index is 0.0210. The van der Waals surface area contributed by atoms with Gasteiger partial charge < -0.3 is 19.3 Å². The van der Waals surface area contributed by atoms with Crippen LogP contribution in [-0.2, 0) is 9.47 Å². The standard InChI is InChI=1S/C16H24N4O2/c1-2-6-19(5-1)14-11-15(18-12-17-14)20-7-3-13(4-8-20)16-21-9-10-22-16/h11-13,16H,1-10H2. The molecule has 6 heteroatoms. The van der Waals surface area contributed by atoms with Gasteiger partial charge >= 0.3 is 0 Å². The molecule has 1 aromatic rings. The molecule has 0 saturated carbocycles. The summed E-state index contributed by atoms with van der Waals surface area (Å²) in [4.78, 5) is 13.7. The maximum Gasteiger partial charge on any atom is 0.160 e. The molecule has 4 rings (SSSR count). The van der Waals surface area contributed by atoms with E-state index in [9.17, 15) is 0 Å². The fourth-order valence-corrected chi connectivity index (χ4v) is 3.68. The van der Waals surface area contributed by atoms with Crippen LogP contribution in [0.25, 0.3) is 0 Å². The maximum absolute atomic E-state index is 5.65. The van der Waals surface area contributed by atoms with E-state index in [1.807, 2.05) is 0 Å². The Hall–Kier alpha value is -1.40. The highest BCUT2D eigenvalue weighted by molar-refractivity contribution is 5.50. The van der Waals surface area contributed by atoms with Gasteiger partial charge in [-0.25, -0.2) is 9.97 Å². The number of aromatic nitrogens is 2. The minimum Gasteiger partial charge on any atom is -0.356 e. The van der Waals surface area contributed by atoms with Crippen LogP contribution in [0.15, 0.2) is 12.4 Å². The zero-order valence-electron chi connectivity index (χ0n) is 13.0. The van der Waals surface area contributed by atoms with Gasteiger partial charge in [0.05, 0.1) is 13.2 Å². The fourth-order valence-electron chi connectivity index (χ4n) is 3.68. The predicted octanol–water partition coefficient (Wildman–Crippen LogP) is 1.67. The van der Waals surface area contributed by atoms with Gasteiger partial charge in [0, 0.05) is 38.2 Å². The fraction of sp³-hybridized carbons (Fsp3) is 0.750. The topological polar surface area (TPSA) is 50.7 Å². The molecular formula is C16H24N4O2. The number of ether oxygens (including phenoxy) is 2. The lowest BCUT2D eigenvalue weighted by Gasteiger charge is -2.34. The van der Waals surface area contributed by atoms with Crippen LogP contribution in [0.4, 0.5) is 11.6 Å². The molecule has 22 heavy (non-hydrogen) atoms. The second-order valence-corrected chi connectivity index (χ2v) is 6.36. The molecule has 0 atom stereocenters. The molecule has 3 aliphatic rings. The predicted molar refractivity (Wildman–Crippen MR) is 84.1 cm³/mol. The summed E-state index contributed by atoms with van der Waals surface area (Å²) in [6.07, 6.45) is 6.48. The second-order valence-electron chi connectivity index (χ2n) is 6.36. The molecule has 6 nitrogen and oxygen atoms in total. The Bertz CT molecular complexity index is 493. The summed E-state index contributed by atoms with van der Waals surface area (Å²) in [7, 11) is 0. The van der Waals surface area contributed by atoms with Crippen molar-refractivity contribution >= 4 is 11.6 Å². The van der Waals surface area contributed by atoms with Crippen LogP contribution in [-0.4, -0.2) is 55.7 Å². The Morgan fingerprint density at radius 1 is 0.864 bits per heavy atom. The van der Waals surface area contributed by atoms with Crippen molar-refractivity contribution in [2.45, 2.75) is 32.0 Å². The van der Waals surface area contributed by atoms with Crippen molar-refractivity contribution in [3.63, 3.8) is 0 Å². The quantitative estimate of drug-likeness (QED) is 0.846. The normalized spacial score (nSPS) is 24.4. The van der Waals surface area contributed by atoms with Gasteiger partial charge in [-0.15, -0.1) is 0 Å². The van der Waals surface area contributed by atoms with Crippen LogP contribution in [0.5, 0.6) is 0 Å². The first-order valence-electron chi connectivity index (χ1n) is 8.45. The number of piperidine rings is 1. The van der Waals surface area contributed by atoms with Gasteiger partial charge in [0.15, 0.2) is 6.29 Å². The number of hydrogen-bond acceptors (Lipinski definition) is 6. The molecule has 0 radical (unpaired) electrons. The second kappa shape index (κ2) is 6.38. The Labute approximate surface area is 131 Å². The summed E-state index contributed by atoms with van der Waals surface area (Å²) in [6, 6.07) is 2.15. The van der Waals surface area contributed by atoms with Crippen LogP contribution in [0, 0.1) is 5.92 Å². The molecule has 0 N–H and O–H groups in total. The molecular weight excluding hydrogens is 280 g/mol. The van der Waals surface area contributed by atoms with Crippen LogP contribution in [0.2, 0.25) is 0 Å². The molecule has 120 valence electrons. The third-order valence-electron chi connectivity index (χ3n) is 4.96. The van der Waals surface area contributed by atoms with Gasteiger partial charge in [-0.3, -0.25) is 0 Å². The van der Waals surface area contributed by atoms with Gasteiger partial charge in [0.1, 0.15) is 18.0 Å². The average molecular weight is 304 g/mol. The van der Waals surface area contributed by atoms with E-state index in [2.05, 4.69) is 25.8 Å². The molecule has 0 unspecified atom stereocenters. The molecule has 3 aliphatic heterocycles. The largest absolute Gasteiger partial charge is 0.356 e. The van der Waals surface area contributed by atoms with Crippen molar-refractivity contribution < 1.29 is 9.47 Å². The van der Waals surface area contributed by atoms with Gasteiger partial charge in [0.25, 0.3) is 0 Å². The van der Waals surface area contributed by atoms with E-state index in [-0.39, 0.29) is 6.29 Å². The Kier molecular flexibility index (Phi) is 4.12. The minimum absolute atomic E-state index is 0.0210.